The molecule has 0 bridgehead atoms. The first-order chi connectivity index (χ1) is 8.58. The van der Waals surface area contributed by atoms with E-state index in [0.29, 0.717) is 5.41 Å². The molecule has 1 N–H and O–H groups in total. The minimum absolute atomic E-state index is 0.387. The lowest BCUT2D eigenvalue weighted by Gasteiger charge is -2.16. The zero-order valence-corrected chi connectivity index (χ0v) is 12.0. The van der Waals surface area contributed by atoms with Crippen molar-refractivity contribution in [2.75, 3.05) is 26.8 Å². The quantitative estimate of drug-likeness (QED) is 0.781. The monoisotopic (exact) mass is 247 g/mol. The minimum Gasteiger partial charge on any atom is -0.383 e. The Morgan fingerprint density at radius 3 is 2.83 bits per heavy atom. The van der Waals surface area contributed by atoms with Crippen LogP contribution in [0.1, 0.15) is 30.0 Å². The highest BCUT2D eigenvalue weighted by molar-refractivity contribution is 5.40. The molecule has 18 heavy (non-hydrogen) atoms. The first-order valence-corrected chi connectivity index (χ1v) is 6.85. The fourth-order valence-corrected chi connectivity index (χ4v) is 2.99. The van der Waals surface area contributed by atoms with Gasteiger partial charge in [-0.1, -0.05) is 30.7 Å². The van der Waals surface area contributed by atoms with Gasteiger partial charge in [-0.25, -0.2) is 0 Å². The van der Waals surface area contributed by atoms with Crippen LogP contribution in [0, 0.1) is 19.8 Å². The highest BCUT2D eigenvalue weighted by atomic mass is 16.5. The molecule has 2 nitrogen and oxygen atoms in total. The van der Waals surface area contributed by atoms with E-state index in [4.69, 9.17) is 4.74 Å². The standard InChI is InChI=1S/C16H25NO/c1-12-5-6-15(13(2)9-12)16(3)10-14(16)11-17-7-8-18-4/h5-6,9,14,17H,7-8,10-11H2,1-4H3. The third-order valence-electron chi connectivity index (χ3n) is 4.28. The van der Waals surface area contributed by atoms with E-state index in [9.17, 15) is 0 Å². The highest BCUT2D eigenvalue weighted by Gasteiger charge is 2.51. The molecule has 1 saturated carbocycles. The van der Waals surface area contributed by atoms with Gasteiger partial charge in [-0.3, -0.25) is 0 Å². The summed E-state index contributed by atoms with van der Waals surface area (Å²) in [7, 11) is 1.75. The van der Waals surface area contributed by atoms with E-state index >= 15 is 0 Å². The molecule has 0 aromatic heterocycles. The molecular weight excluding hydrogens is 222 g/mol. The van der Waals surface area contributed by atoms with Crippen LogP contribution < -0.4 is 5.32 Å². The van der Waals surface area contributed by atoms with Crippen molar-refractivity contribution in [2.45, 2.75) is 32.6 Å². The second kappa shape index (κ2) is 5.41. The SMILES string of the molecule is COCCNCC1CC1(C)c1ccc(C)cc1C. The van der Waals surface area contributed by atoms with Crippen molar-refractivity contribution in [1.82, 2.24) is 5.32 Å². The number of benzene rings is 1. The smallest absolute Gasteiger partial charge is 0.0587 e. The van der Waals surface area contributed by atoms with Gasteiger partial charge >= 0.3 is 0 Å². The Bertz CT molecular complexity index is 416. The number of methoxy groups -OCH3 is 1. The fraction of sp³-hybridized carbons (Fsp3) is 0.625. The molecule has 2 unspecified atom stereocenters. The summed E-state index contributed by atoms with van der Waals surface area (Å²) < 4.78 is 5.05. The molecule has 1 aromatic rings. The molecule has 0 heterocycles. The van der Waals surface area contributed by atoms with Crippen molar-refractivity contribution >= 4 is 0 Å². The number of aryl methyl sites for hydroxylation is 2. The van der Waals surface area contributed by atoms with E-state index in [1.165, 1.54) is 23.1 Å². The molecule has 0 saturated heterocycles. The number of ether oxygens (including phenoxy) is 1. The molecule has 2 heteroatoms. The largest absolute Gasteiger partial charge is 0.383 e. The van der Waals surface area contributed by atoms with Crippen LogP contribution in [0.2, 0.25) is 0 Å². The molecule has 2 atom stereocenters. The summed E-state index contributed by atoms with van der Waals surface area (Å²) in [5, 5.41) is 3.48. The van der Waals surface area contributed by atoms with Gasteiger partial charge < -0.3 is 10.1 Å². The van der Waals surface area contributed by atoms with Crippen molar-refractivity contribution in [3.8, 4) is 0 Å². The lowest BCUT2D eigenvalue weighted by Crippen LogP contribution is -2.24. The number of nitrogens with one attached hydrogen (secondary N) is 1. The van der Waals surface area contributed by atoms with E-state index in [-0.39, 0.29) is 0 Å². The second-order valence-corrected chi connectivity index (χ2v) is 5.83. The van der Waals surface area contributed by atoms with Gasteiger partial charge in [0.25, 0.3) is 0 Å². The van der Waals surface area contributed by atoms with E-state index in [1.54, 1.807) is 7.11 Å². The zero-order chi connectivity index (χ0) is 13.2. The topological polar surface area (TPSA) is 21.3 Å². The maximum Gasteiger partial charge on any atom is 0.0587 e. The van der Waals surface area contributed by atoms with Crippen molar-refractivity contribution in [1.29, 1.82) is 0 Å². The molecule has 1 aromatic carbocycles. The number of hydrogen-bond donors (Lipinski definition) is 1. The maximum absolute atomic E-state index is 5.05. The van der Waals surface area contributed by atoms with Gasteiger partial charge in [0.2, 0.25) is 0 Å². The summed E-state index contributed by atoms with van der Waals surface area (Å²) in [6.07, 6.45) is 1.30. The zero-order valence-electron chi connectivity index (χ0n) is 12.0. The van der Waals surface area contributed by atoms with Crippen LogP contribution in [0.5, 0.6) is 0 Å². The Kier molecular flexibility index (Phi) is 4.08. The van der Waals surface area contributed by atoms with Crippen LogP contribution in [0.25, 0.3) is 0 Å². The molecule has 100 valence electrons. The third kappa shape index (κ3) is 2.76. The molecule has 0 aliphatic heterocycles. The highest BCUT2D eigenvalue weighted by Crippen LogP contribution is 2.54. The van der Waals surface area contributed by atoms with E-state index < -0.39 is 0 Å². The Balaban J connectivity index is 1.93. The predicted molar refractivity (Wildman–Crippen MR) is 76.1 cm³/mol. The van der Waals surface area contributed by atoms with Gasteiger partial charge in [0.1, 0.15) is 0 Å². The minimum atomic E-state index is 0.387. The molecule has 0 amide bonds. The molecular formula is C16H25NO. The lowest BCUT2D eigenvalue weighted by atomic mass is 9.90. The van der Waals surface area contributed by atoms with Crippen LogP contribution in [0.4, 0.5) is 0 Å². The summed E-state index contributed by atoms with van der Waals surface area (Å²) in [6.45, 7) is 9.65. The Labute approximate surface area is 111 Å². The van der Waals surface area contributed by atoms with Gasteiger partial charge in [0, 0.05) is 13.7 Å². The van der Waals surface area contributed by atoms with Crippen LogP contribution in [0.15, 0.2) is 18.2 Å². The van der Waals surface area contributed by atoms with Gasteiger partial charge in [0.05, 0.1) is 6.61 Å². The van der Waals surface area contributed by atoms with E-state index in [2.05, 4.69) is 44.3 Å². The molecule has 1 fully saturated rings. The summed E-state index contributed by atoms with van der Waals surface area (Å²) in [5.74, 6) is 0.774. The summed E-state index contributed by atoms with van der Waals surface area (Å²) in [5.41, 5.74) is 4.72. The summed E-state index contributed by atoms with van der Waals surface area (Å²) >= 11 is 0. The van der Waals surface area contributed by atoms with Gasteiger partial charge in [-0.15, -0.1) is 0 Å². The fourth-order valence-electron chi connectivity index (χ4n) is 2.99. The van der Waals surface area contributed by atoms with Crippen molar-refractivity contribution in [2.24, 2.45) is 5.92 Å². The lowest BCUT2D eigenvalue weighted by molar-refractivity contribution is 0.199. The Hall–Kier alpha value is -0.860. The van der Waals surface area contributed by atoms with Gasteiger partial charge in [-0.05, 0) is 49.3 Å². The normalized spacial score (nSPS) is 26.3. The average Bonchev–Trinajstić information content (AvgIpc) is 2.96. The predicted octanol–water partition coefficient (Wildman–Crippen LogP) is 2.82. The van der Waals surface area contributed by atoms with Crippen molar-refractivity contribution < 1.29 is 4.74 Å². The summed E-state index contributed by atoms with van der Waals surface area (Å²) in [4.78, 5) is 0. The molecule has 0 radical (unpaired) electrons. The first kappa shape index (κ1) is 13.6. The Morgan fingerprint density at radius 2 is 2.17 bits per heavy atom. The van der Waals surface area contributed by atoms with Crippen LogP contribution in [-0.2, 0) is 10.2 Å². The van der Waals surface area contributed by atoms with Crippen molar-refractivity contribution in [3.63, 3.8) is 0 Å². The average molecular weight is 247 g/mol. The molecule has 2 rings (SSSR count). The van der Waals surface area contributed by atoms with E-state index in [1.807, 2.05) is 0 Å². The van der Waals surface area contributed by atoms with Crippen LogP contribution in [-0.4, -0.2) is 26.8 Å². The van der Waals surface area contributed by atoms with Gasteiger partial charge in [-0.2, -0.15) is 0 Å². The molecule has 1 aliphatic carbocycles. The summed E-state index contributed by atoms with van der Waals surface area (Å²) in [6, 6.07) is 6.86. The van der Waals surface area contributed by atoms with Crippen molar-refractivity contribution in [3.05, 3.63) is 34.9 Å². The first-order valence-electron chi connectivity index (χ1n) is 6.85. The molecule has 0 spiro atoms. The number of hydrogen-bond acceptors (Lipinski definition) is 2. The van der Waals surface area contributed by atoms with E-state index in [0.717, 1.165) is 25.6 Å². The van der Waals surface area contributed by atoms with Crippen LogP contribution >= 0.6 is 0 Å². The second-order valence-electron chi connectivity index (χ2n) is 5.83. The maximum atomic E-state index is 5.05. The third-order valence-corrected chi connectivity index (χ3v) is 4.28. The number of rotatable bonds is 6. The Morgan fingerprint density at radius 1 is 1.39 bits per heavy atom. The van der Waals surface area contributed by atoms with Crippen LogP contribution in [0.3, 0.4) is 0 Å². The molecule has 1 aliphatic rings. The van der Waals surface area contributed by atoms with Gasteiger partial charge in [0.15, 0.2) is 0 Å².